The molecule has 1 heterocycles. The lowest BCUT2D eigenvalue weighted by atomic mass is 10.2. The molecule has 0 spiro atoms. The molecular weight excluding hydrogens is 300 g/mol. The van der Waals surface area contributed by atoms with E-state index in [0.29, 0.717) is 15.6 Å². The molecule has 1 aromatic carbocycles. The highest BCUT2D eigenvalue weighted by atomic mass is 35.5. The Balaban J connectivity index is 2.34. The van der Waals surface area contributed by atoms with E-state index >= 15 is 0 Å². The summed E-state index contributed by atoms with van der Waals surface area (Å²) in [6, 6.07) is 4.51. The summed E-state index contributed by atoms with van der Waals surface area (Å²) in [7, 11) is 0. The van der Waals surface area contributed by atoms with Crippen LogP contribution in [0.25, 0.3) is 10.6 Å². The molecule has 106 valence electrons. The maximum atomic E-state index is 10.8. The number of hydrogen-bond acceptors (Lipinski definition) is 6. The van der Waals surface area contributed by atoms with Gasteiger partial charge in [-0.2, -0.15) is 0 Å². The highest BCUT2D eigenvalue weighted by Gasteiger charge is 2.15. The maximum Gasteiger partial charge on any atom is 0.271 e. The molecule has 20 heavy (non-hydrogen) atoms. The van der Waals surface area contributed by atoms with Gasteiger partial charge in [-0.1, -0.05) is 29.9 Å². The van der Waals surface area contributed by atoms with Crippen molar-refractivity contribution in [1.82, 2.24) is 15.5 Å². The van der Waals surface area contributed by atoms with Crippen LogP contribution in [-0.2, 0) is 0 Å². The Labute approximate surface area is 125 Å². The predicted octanol–water partition coefficient (Wildman–Crippen LogP) is 3.44. The summed E-state index contributed by atoms with van der Waals surface area (Å²) in [6.07, 6.45) is 0. The number of rotatable bonds is 5. The Morgan fingerprint density at radius 1 is 1.45 bits per heavy atom. The molecule has 0 bridgehead atoms. The fourth-order valence-corrected chi connectivity index (χ4v) is 2.81. The lowest BCUT2D eigenvalue weighted by molar-refractivity contribution is -0.384. The number of nitro groups is 1. The third-order valence-corrected chi connectivity index (χ3v) is 4.03. The van der Waals surface area contributed by atoms with Crippen molar-refractivity contribution in [2.24, 2.45) is 0 Å². The fourth-order valence-electron chi connectivity index (χ4n) is 1.72. The molecule has 0 fully saturated rings. The van der Waals surface area contributed by atoms with Crippen LogP contribution in [0, 0.1) is 10.1 Å². The van der Waals surface area contributed by atoms with Crippen molar-refractivity contribution in [3.63, 3.8) is 0 Å². The van der Waals surface area contributed by atoms with Gasteiger partial charge in [0, 0.05) is 22.7 Å². The van der Waals surface area contributed by atoms with Crippen LogP contribution < -0.4 is 5.32 Å². The molecule has 1 unspecified atom stereocenters. The first kappa shape index (κ1) is 14.8. The molecule has 2 rings (SSSR count). The summed E-state index contributed by atoms with van der Waals surface area (Å²) in [5, 5.41) is 24.0. The highest BCUT2D eigenvalue weighted by Crippen LogP contribution is 2.31. The molecule has 1 N–H and O–H groups in total. The molecule has 0 saturated heterocycles. The van der Waals surface area contributed by atoms with E-state index in [-0.39, 0.29) is 11.7 Å². The quantitative estimate of drug-likeness (QED) is 0.675. The predicted molar refractivity (Wildman–Crippen MR) is 79.1 cm³/mol. The Morgan fingerprint density at radius 2 is 2.20 bits per heavy atom. The van der Waals surface area contributed by atoms with E-state index in [1.807, 2.05) is 13.8 Å². The zero-order valence-corrected chi connectivity index (χ0v) is 12.5. The number of aromatic nitrogens is 2. The van der Waals surface area contributed by atoms with Crippen LogP contribution in [0.5, 0.6) is 0 Å². The Kier molecular flexibility index (Phi) is 4.64. The van der Waals surface area contributed by atoms with Gasteiger partial charge in [0.25, 0.3) is 5.69 Å². The third kappa shape index (κ3) is 3.30. The van der Waals surface area contributed by atoms with E-state index < -0.39 is 4.92 Å². The summed E-state index contributed by atoms with van der Waals surface area (Å²) in [6.45, 7) is 4.84. The fraction of sp³-hybridized carbons (Fsp3) is 0.333. The van der Waals surface area contributed by atoms with Crippen LogP contribution in [-0.4, -0.2) is 21.7 Å². The molecule has 0 saturated carbocycles. The lowest BCUT2D eigenvalue weighted by Crippen LogP contribution is -2.17. The average molecular weight is 313 g/mol. The van der Waals surface area contributed by atoms with Gasteiger partial charge in [0.2, 0.25) is 0 Å². The minimum atomic E-state index is -0.474. The van der Waals surface area contributed by atoms with Crippen LogP contribution in [0.1, 0.15) is 24.9 Å². The summed E-state index contributed by atoms with van der Waals surface area (Å²) in [5.41, 5.74) is 0.556. The lowest BCUT2D eigenvalue weighted by Gasteiger charge is -2.06. The Hall–Kier alpha value is -1.57. The monoisotopic (exact) mass is 312 g/mol. The van der Waals surface area contributed by atoms with Gasteiger partial charge in [0.15, 0.2) is 0 Å². The standard InChI is InChI=1S/C12H13ClN4O2S/c1-3-14-7(2)11-15-16-12(20-11)8-4-9(13)6-10(5-8)17(18)19/h4-7,14H,3H2,1-2H3. The summed E-state index contributed by atoms with van der Waals surface area (Å²) < 4.78 is 0. The smallest absolute Gasteiger partial charge is 0.271 e. The van der Waals surface area contributed by atoms with E-state index in [2.05, 4.69) is 15.5 Å². The summed E-state index contributed by atoms with van der Waals surface area (Å²) in [4.78, 5) is 10.4. The molecule has 1 atom stereocenters. The summed E-state index contributed by atoms with van der Waals surface area (Å²) in [5.74, 6) is 0. The van der Waals surface area contributed by atoms with Gasteiger partial charge in [-0.3, -0.25) is 10.1 Å². The molecular formula is C12H13ClN4O2S. The molecule has 2 aromatic rings. The SMILES string of the molecule is CCNC(C)c1nnc(-c2cc(Cl)cc([N+](=O)[O-])c2)s1. The van der Waals surface area contributed by atoms with Gasteiger partial charge in [0.1, 0.15) is 10.0 Å². The first-order valence-electron chi connectivity index (χ1n) is 6.03. The Bertz CT molecular complexity index is 632. The molecule has 6 nitrogen and oxygen atoms in total. The minimum absolute atomic E-state index is 0.0519. The summed E-state index contributed by atoms with van der Waals surface area (Å²) >= 11 is 7.30. The molecule has 1 aromatic heterocycles. The van der Waals surface area contributed by atoms with Crippen molar-refractivity contribution in [2.45, 2.75) is 19.9 Å². The van der Waals surface area contributed by atoms with Gasteiger partial charge in [-0.25, -0.2) is 0 Å². The van der Waals surface area contributed by atoms with Crippen molar-refractivity contribution in [2.75, 3.05) is 6.54 Å². The van der Waals surface area contributed by atoms with Gasteiger partial charge < -0.3 is 5.32 Å². The van der Waals surface area contributed by atoms with Gasteiger partial charge in [-0.05, 0) is 19.5 Å². The van der Waals surface area contributed by atoms with Crippen LogP contribution in [0.4, 0.5) is 5.69 Å². The maximum absolute atomic E-state index is 10.8. The number of non-ortho nitro benzene ring substituents is 1. The van der Waals surface area contributed by atoms with Gasteiger partial charge in [0.05, 0.1) is 11.0 Å². The number of halogens is 1. The van der Waals surface area contributed by atoms with Gasteiger partial charge >= 0.3 is 0 Å². The topological polar surface area (TPSA) is 81.0 Å². The van der Waals surface area contributed by atoms with E-state index in [1.54, 1.807) is 6.07 Å². The molecule has 8 heteroatoms. The van der Waals surface area contributed by atoms with E-state index in [9.17, 15) is 10.1 Å². The number of hydrogen-bond donors (Lipinski definition) is 1. The normalized spacial score (nSPS) is 12.3. The Morgan fingerprint density at radius 3 is 2.85 bits per heavy atom. The van der Waals surface area contributed by atoms with Crippen molar-refractivity contribution < 1.29 is 4.92 Å². The van der Waals surface area contributed by atoms with E-state index in [4.69, 9.17) is 11.6 Å². The zero-order valence-electron chi connectivity index (χ0n) is 11.0. The zero-order chi connectivity index (χ0) is 14.7. The van der Waals surface area contributed by atoms with Crippen LogP contribution >= 0.6 is 22.9 Å². The highest BCUT2D eigenvalue weighted by molar-refractivity contribution is 7.14. The first-order chi connectivity index (χ1) is 9.51. The molecule has 0 aliphatic rings. The van der Waals surface area contributed by atoms with Crippen molar-refractivity contribution >= 4 is 28.6 Å². The van der Waals surface area contributed by atoms with E-state index in [1.165, 1.54) is 23.5 Å². The molecule has 0 aliphatic carbocycles. The second kappa shape index (κ2) is 6.25. The van der Waals surface area contributed by atoms with Crippen molar-refractivity contribution in [3.05, 3.63) is 38.3 Å². The van der Waals surface area contributed by atoms with E-state index in [0.717, 1.165) is 11.6 Å². The average Bonchev–Trinajstić information content (AvgIpc) is 2.88. The number of benzene rings is 1. The van der Waals surface area contributed by atoms with Crippen molar-refractivity contribution in [3.8, 4) is 10.6 Å². The third-order valence-electron chi connectivity index (χ3n) is 2.66. The number of nitrogens with zero attached hydrogens (tertiary/aromatic N) is 3. The van der Waals surface area contributed by atoms with Crippen LogP contribution in [0.15, 0.2) is 18.2 Å². The van der Waals surface area contributed by atoms with Crippen LogP contribution in [0.3, 0.4) is 0 Å². The van der Waals surface area contributed by atoms with Crippen molar-refractivity contribution in [1.29, 1.82) is 0 Å². The van der Waals surface area contributed by atoms with Gasteiger partial charge in [-0.15, -0.1) is 10.2 Å². The number of nitro benzene ring substituents is 1. The minimum Gasteiger partial charge on any atom is -0.308 e. The molecule has 0 radical (unpaired) electrons. The largest absolute Gasteiger partial charge is 0.308 e. The number of nitrogens with one attached hydrogen (secondary N) is 1. The van der Waals surface area contributed by atoms with Crippen LogP contribution in [0.2, 0.25) is 5.02 Å². The molecule has 0 amide bonds. The second-order valence-corrected chi connectivity index (χ2v) is 5.63. The molecule has 0 aliphatic heterocycles. The second-order valence-electron chi connectivity index (χ2n) is 4.18. The first-order valence-corrected chi connectivity index (χ1v) is 7.23.